The Kier molecular flexibility index (Phi) is 2.96. The number of carbonyl (C=O) groups is 1. The molecule has 0 aromatic carbocycles. The van der Waals surface area contributed by atoms with Crippen LogP contribution in [0.25, 0.3) is 11.0 Å². The minimum absolute atomic E-state index is 0. The summed E-state index contributed by atoms with van der Waals surface area (Å²) in [7, 11) is 0. The van der Waals surface area contributed by atoms with Crippen molar-refractivity contribution in [3.63, 3.8) is 0 Å². The van der Waals surface area contributed by atoms with Crippen LogP contribution in [0, 0.1) is 5.82 Å². The molecule has 0 amide bonds. The number of halogens is 2. The van der Waals surface area contributed by atoms with Crippen LogP contribution in [-0.4, -0.2) is 46.6 Å². The second kappa shape index (κ2) is 7.14. The maximum absolute atomic E-state index is 15.0. The van der Waals surface area contributed by atoms with E-state index in [1.54, 1.807) is 12.2 Å². The third kappa shape index (κ3) is 3.07. The number of hydrogen-bond donors (Lipinski definition) is 2. The third-order valence-electron chi connectivity index (χ3n) is 3.23. The van der Waals surface area contributed by atoms with E-state index in [1.807, 2.05) is 0 Å². The summed E-state index contributed by atoms with van der Waals surface area (Å²) < 4.78 is 79.8. The first-order valence-corrected chi connectivity index (χ1v) is 6.56. The molecular weight excluding hydrogens is 339 g/mol. The Bertz CT molecular complexity index is 1130. The minimum atomic E-state index is -3.33. The van der Waals surface area contributed by atoms with Gasteiger partial charge in [0.05, 0.1) is 10.9 Å². The molecule has 1 saturated heterocycles. The van der Waals surface area contributed by atoms with E-state index >= 15 is 4.39 Å². The SMILES string of the molecule is Cl.[2H]C1([2H])NC([2H])([2H])C([2H])([2H])N(c2nc3c(cc2F)c(=O)c(C(=O)O)cn3CC)C1([2H])[2H]. The molecule has 1 fully saturated rings. The summed E-state index contributed by atoms with van der Waals surface area (Å²) >= 11 is 0. The van der Waals surface area contributed by atoms with E-state index in [2.05, 4.69) is 4.98 Å². The first kappa shape index (κ1) is 9.95. The maximum Gasteiger partial charge on any atom is 0.341 e. The lowest BCUT2D eigenvalue weighted by molar-refractivity contribution is 0.0695. The van der Waals surface area contributed by atoms with Crippen LogP contribution >= 0.6 is 12.4 Å². The number of aryl methyl sites for hydroxylation is 1. The summed E-state index contributed by atoms with van der Waals surface area (Å²) in [5.41, 5.74) is -2.04. The smallest absolute Gasteiger partial charge is 0.341 e. The van der Waals surface area contributed by atoms with Gasteiger partial charge in [-0.25, -0.2) is 14.2 Å². The van der Waals surface area contributed by atoms with E-state index < -0.39 is 60.0 Å². The van der Waals surface area contributed by atoms with Crippen molar-refractivity contribution in [3.05, 3.63) is 33.9 Å². The minimum Gasteiger partial charge on any atom is -0.477 e. The number of piperazine rings is 1. The number of pyridine rings is 2. The molecule has 1 aliphatic rings. The van der Waals surface area contributed by atoms with Crippen molar-refractivity contribution in [2.24, 2.45) is 0 Å². The van der Waals surface area contributed by atoms with Gasteiger partial charge < -0.3 is 19.9 Å². The lowest BCUT2D eigenvalue weighted by atomic mass is 10.2. The monoisotopic (exact) mass is 364 g/mol. The highest BCUT2D eigenvalue weighted by Crippen LogP contribution is 2.21. The lowest BCUT2D eigenvalue weighted by Crippen LogP contribution is -2.44. The van der Waals surface area contributed by atoms with Crippen LogP contribution in [0.4, 0.5) is 10.2 Å². The van der Waals surface area contributed by atoms with Crippen LogP contribution in [0.5, 0.6) is 0 Å². The van der Waals surface area contributed by atoms with Gasteiger partial charge in [-0.3, -0.25) is 4.79 Å². The van der Waals surface area contributed by atoms with Gasteiger partial charge in [0.1, 0.15) is 11.2 Å². The first-order valence-electron chi connectivity index (χ1n) is 10.6. The van der Waals surface area contributed by atoms with Crippen LogP contribution < -0.4 is 15.6 Å². The third-order valence-corrected chi connectivity index (χ3v) is 3.23. The topological polar surface area (TPSA) is 87.5 Å². The van der Waals surface area contributed by atoms with Crippen LogP contribution in [0.3, 0.4) is 0 Å². The molecular formula is C15H18ClFN4O3. The number of aromatic nitrogens is 2. The highest BCUT2D eigenvalue weighted by molar-refractivity contribution is 5.92. The molecule has 2 aromatic rings. The number of fused-ring (bicyclic) bond motifs is 1. The Morgan fingerprint density at radius 1 is 1.50 bits per heavy atom. The Labute approximate surface area is 154 Å². The van der Waals surface area contributed by atoms with Crippen molar-refractivity contribution in [3.8, 4) is 0 Å². The fourth-order valence-electron chi connectivity index (χ4n) is 2.16. The van der Waals surface area contributed by atoms with Crippen LogP contribution in [0.1, 0.15) is 28.2 Å². The highest BCUT2D eigenvalue weighted by atomic mass is 35.5. The molecule has 130 valence electrons. The Hall–Kier alpha value is -2.19. The number of carboxylic acid groups (broad SMARTS) is 1. The zero-order valence-electron chi connectivity index (χ0n) is 20.3. The number of nitrogens with one attached hydrogen (secondary N) is 1. The largest absolute Gasteiger partial charge is 0.477 e. The molecule has 0 spiro atoms. The number of aromatic carboxylic acids is 1. The number of carboxylic acids is 1. The van der Waals surface area contributed by atoms with E-state index in [1.165, 1.54) is 0 Å². The summed E-state index contributed by atoms with van der Waals surface area (Å²) in [6.45, 7) is -11.4. The summed E-state index contributed by atoms with van der Waals surface area (Å²) in [5, 5.41) is 10.4. The average molecular weight is 365 g/mol. The molecule has 0 unspecified atom stereocenters. The van der Waals surface area contributed by atoms with Gasteiger partial charge in [0.25, 0.3) is 0 Å². The quantitative estimate of drug-likeness (QED) is 0.847. The zero-order chi connectivity index (χ0) is 23.7. The van der Waals surface area contributed by atoms with Crippen molar-refractivity contribution in [2.75, 3.05) is 30.9 Å². The van der Waals surface area contributed by atoms with Crippen molar-refractivity contribution >= 4 is 35.2 Å². The molecule has 0 bridgehead atoms. The summed E-state index contributed by atoms with van der Waals surface area (Å²) in [4.78, 5) is 27.5. The fourth-order valence-corrected chi connectivity index (χ4v) is 2.16. The first-order chi connectivity index (χ1) is 14.0. The van der Waals surface area contributed by atoms with Gasteiger partial charge >= 0.3 is 5.97 Å². The van der Waals surface area contributed by atoms with Gasteiger partial charge in [0.2, 0.25) is 5.43 Å². The number of hydrogen-bond acceptors (Lipinski definition) is 5. The van der Waals surface area contributed by atoms with Crippen molar-refractivity contribution in [2.45, 2.75) is 13.5 Å². The Balaban J connectivity index is 0.00000363. The molecule has 3 heterocycles. The normalized spacial score (nSPS) is 27.8. The van der Waals surface area contributed by atoms with Crippen LogP contribution in [0.15, 0.2) is 17.1 Å². The number of nitrogens with zero attached hydrogens (tertiary/aromatic N) is 3. The van der Waals surface area contributed by atoms with Crippen LogP contribution in [0.2, 0.25) is 0 Å². The molecule has 2 N–H and O–H groups in total. The lowest BCUT2D eigenvalue weighted by Gasteiger charge is -2.29. The predicted molar refractivity (Wildman–Crippen MR) is 90.9 cm³/mol. The maximum atomic E-state index is 15.0. The summed E-state index contributed by atoms with van der Waals surface area (Å²) in [6.07, 6.45) is 0.946. The van der Waals surface area contributed by atoms with Gasteiger partial charge in [-0.1, -0.05) is 0 Å². The zero-order valence-corrected chi connectivity index (χ0v) is 13.1. The van der Waals surface area contributed by atoms with Crippen LogP contribution in [-0.2, 0) is 6.54 Å². The van der Waals surface area contributed by atoms with E-state index in [0.29, 0.717) is 6.07 Å². The molecule has 0 atom stereocenters. The van der Waals surface area contributed by atoms with E-state index in [-0.39, 0.29) is 29.5 Å². The van der Waals surface area contributed by atoms with Gasteiger partial charge in [-0.2, -0.15) is 0 Å². The van der Waals surface area contributed by atoms with Gasteiger partial charge in [-0.15, -0.1) is 12.4 Å². The second-order valence-corrected chi connectivity index (χ2v) is 4.56. The van der Waals surface area contributed by atoms with Crippen molar-refractivity contribution < 1.29 is 25.3 Å². The molecule has 0 aliphatic carbocycles. The van der Waals surface area contributed by atoms with E-state index in [9.17, 15) is 14.7 Å². The molecule has 2 aromatic heterocycles. The summed E-state index contributed by atoms with van der Waals surface area (Å²) in [5.74, 6) is -4.10. The van der Waals surface area contributed by atoms with E-state index in [0.717, 1.165) is 10.8 Å². The molecule has 1 aliphatic heterocycles. The predicted octanol–water partition coefficient (Wildman–Crippen LogP) is 1.09. The van der Waals surface area contributed by atoms with Crippen molar-refractivity contribution in [1.29, 1.82) is 0 Å². The molecule has 0 radical (unpaired) electrons. The standard InChI is InChI=1S/C15H17FN4O3.ClH/c1-2-19-8-10(15(22)23)12(21)9-7-11(16)14(18-13(9)19)20-5-3-17-4-6-20;/h7-8,17H,2-6H2,1H3,(H,22,23);1H/i3D2,4D2,5D2,6D2;. The second-order valence-electron chi connectivity index (χ2n) is 4.56. The average Bonchev–Trinajstić information content (AvgIpc) is 2.60. The number of anilines is 1. The van der Waals surface area contributed by atoms with Gasteiger partial charge in [0, 0.05) is 44.2 Å². The molecule has 3 rings (SSSR count). The molecule has 7 nitrogen and oxygen atoms in total. The highest BCUT2D eigenvalue weighted by Gasteiger charge is 2.21. The number of rotatable bonds is 3. The van der Waals surface area contributed by atoms with E-state index in [4.69, 9.17) is 11.0 Å². The molecule has 24 heavy (non-hydrogen) atoms. The van der Waals surface area contributed by atoms with Crippen molar-refractivity contribution in [1.82, 2.24) is 14.9 Å². The molecule has 0 saturated carbocycles. The Morgan fingerprint density at radius 2 is 2.17 bits per heavy atom. The fraction of sp³-hybridized carbons (Fsp3) is 0.400. The Morgan fingerprint density at radius 3 is 2.75 bits per heavy atom. The van der Waals surface area contributed by atoms with Gasteiger partial charge in [0.15, 0.2) is 11.6 Å². The molecule has 9 heteroatoms. The van der Waals surface area contributed by atoms with Gasteiger partial charge in [-0.05, 0) is 13.0 Å². The summed E-state index contributed by atoms with van der Waals surface area (Å²) in [6, 6.07) is 0.554.